The normalized spacial score (nSPS) is 17.5. The molecule has 0 fully saturated rings. The Kier molecular flexibility index (Phi) is 4.56. The number of hydrogen-bond acceptors (Lipinski definition) is 1. The van der Waals surface area contributed by atoms with Crippen LogP contribution < -0.4 is 0 Å². The monoisotopic (exact) mass is 431 g/mol. The standard InChI is InChI=1S/C26H28BF2N3/c1-7-20-15(3)25-24(23-11-9-10-19-14-30-13-12-22(19)23)26-16(4)21(8-2)18(6)32(26)27(28,29)31(25)17(20)5/h9-14H,7-8H2,1-6H3. The first kappa shape index (κ1) is 20.9. The number of benzene rings is 1. The van der Waals surface area contributed by atoms with Gasteiger partial charge >= 0.3 is 6.97 Å². The summed E-state index contributed by atoms with van der Waals surface area (Å²) < 4.78 is 35.3. The Balaban J connectivity index is 2.03. The molecule has 2 aliphatic heterocycles. The summed E-state index contributed by atoms with van der Waals surface area (Å²) in [6.45, 7) is 7.76. The molecule has 0 spiro atoms. The van der Waals surface area contributed by atoms with Gasteiger partial charge < -0.3 is 17.6 Å². The number of allylic oxidation sites excluding steroid dienone is 2. The summed E-state index contributed by atoms with van der Waals surface area (Å²) in [4.78, 5) is 4.27. The van der Waals surface area contributed by atoms with Gasteiger partial charge in [-0.3, -0.25) is 4.98 Å². The Morgan fingerprint density at radius 1 is 1.03 bits per heavy atom. The van der Waals surface area contributed by atoms with E-state index >= 15 is 8.63 Å². The van der Waals surface area contributed by atoms with Crippen LogP contribution in [0, 0.1) is 13.8 Å². The second-order valence-corrected chi connectivity index (χ2v) is 8.89. The molecule has 5 rings (SSSR count). The van der Waals surface area contributed by atoms with Crippen molar-refractivity contribution >= 4 is 29.0 Å². The van der Waals surface area contributed by atoms with Crippen LogP contribution in [-0.2, 0) is 6.42 Å². The van der Waals surface area contributed by atoms with Gasteiger partial charge in [-0.1, -0.05) is 32.0 Å². The number of rotatable bonds is 3. The van der Waals surface area contributed by atoms with Gasteiger partial charge in [-0.05, 0) is 67.4 Å². The number of hydrogen-bond donors (Lipinski definition) is 0. The minimum Gasteiger partial charge on any atom is -0.393 e. The average molecular weight is 431 g/mol. The van der Waals surface area contributed by atoms with Crippen molar-refractivity contribution in [3.8, 4) is 0 Å². The summed E-state index contributed by atoms with van der Waals surface area (Å²) in [5, 5.41) is 2.03. The molecular formula is C26H28BF2N3. The summed E-state index contributed by atoms with van der Waals surface area (Å²) in [5.74, 6) is 0. The molecule has 0 amide bonds. The van der Waals surface area contributed by atoms with Crippen molar-refractivity contribution in [1.29, 1.82) is 0 Å². The molecule has 2 aliphatic rings. The van der Waals surface area contributed by atoms with Crippen LogP contribution in [0.4, 0.5) is 8.63 Å². The molecule has 0 bridgehead atoms. The Morgan fingerprint density at radius 3 is 2.47 bits per heavy atom. The number of pyridine rings is 1. The first-order valence-electron chi connectivity index (χ1n) is 11.4. The second kappa shape index (κ2) is 6.99. The van der Waals surface area contributed by atoms with Crippen LogP contribution in [-0.4, -0.2) is 26.6 Å². The summed E-state index contributed by atoms with van der Waals surface area (Å²) in [5.41, 5.74) is 8.45. The van der Waals surface area contributed by atoms with E-state index in [0.717, 1.165) is 57.0 Å². The Morgan fingerprint density at radius 2 is 1.78 bits per heavy atom. The highest BCUT2D eigenvalue weighted by Crippen LogP contribution is 2.48. The highest BCUT2D eigenvalue weighted by molar-refractivity contribution is 6.58. The second-order valence-electron chi connectivity index (χ2n) is 8.89. The van der Waals surface area contributed by atoms with Crippen LogP contribution in [0.15, 0.2) is 53.5 Å². The lowest BCUT2D eigenvalue weighted by Gasteiger charge is -2.34. The molecule has 164 valence electrons. The molecule has 3 nitrogen and oxygen atoms in total. The number of halogens is 2. The predicted octanol–water partition coefficient (Wildman–Crippen LogP) is 6.42. The molecule has 2 aromatic heterocycles. The Bertz CT molecular complexity index is 1400. The fourth-order valence-corrected chi connectivity index (χ4v) is 6.07. The molecule has 0 saturated heterocycles. The molecule has 0 radical (unpaired) electrons. The van der Waals surface area contributed by atoms with Crippen LogP contribution >= 0.6 is 0 Å². The van der Waals surface area contributed by atoms with Crippen LogP contribution in [0.25, 0.3) is 16.3 Å². The molecule has 32 heavy (non-hydrogen) atoms. The van der Waals surface area contributed by atoms with Gasteiger partial charge in [0.25, 0.3) is 0 Å². The first-order chi connectivity index (χ1) is 15.3. The molecule has 0 unspecified atom stereocenters. The lowest BCUT2D eigenvalue weighted by atomic mass is 9.82. The summed E-state index contributed by atoms with van der Waals surface area (Å²) >= 11 is 0. The quantitative estimate of drug-likeness (QED) is 0.438. The van der Waals surface area contributed by atoms with E-state index in [4.69, 9.17) is 0 Å². The number of nitrogens with zero attached hydrogens (tertiary/aromatic N) is 3. The molecule has 0 atom stereocenters. The van der Waals surface area contributed by atoms with Crippen LogP contribution in [0.1, 0.15) is 62.2 Å². The maximum absolute atomic E-state index is 16.3. The number of aromatic nitrogens is 2. The van der Waals surface area contributed by atoms with Gasteiger partial charge in [-0.15, -0.1) is 0 Å². The maximum atomic E-state index is 16.3. The molecule has 4 heterocycles. The maximum Gasteiger partial charge on any atom is 0.737 e. The van der Waals surface area contributed by atoms with Gasteiger partial charge in [0, 0.05) is 41.5 Å². The average Bonchev–Trinajstić information content (AvgIpc) is 3.18. The minimum atomic E-state index is -4.00. The summed E-state index contributed by atoms with van der Waals surface area (Å²) in [6, 6.07) is 8.07. The summed E-state index contributed by atoms with van der Waals surface area (Å²) in [7, 11) is 0. The van der Waals surface area contributed by atoms with Crippen LogP contribution in [0.5, 0.6) is 0 Å². The first-order valence-corrected chi connectivity index (χ1v) is 11.4. The van der Waals surface area contributed by atoms with E-state index in [2.05, 4.69) is 11.1 Å². The van der Waals surface area contributed by atoms with E-state index in [9.17, 15) is 0 Å². The fraction of sp³-hybridized carbons (Fsp3) is 0.308. The van der Waals surface area contributed by atoms with Crippen molar-refractivity contribution in [2.75, 3.05) is 0 Å². The van der Waals surface area contributed by atoms with Gasteiger partial charge in [0.2, 0.25) is 0 Å². The molecule has 1 aromatic carbocycles. The smallest absolute Gasteiger partial charge is 0.393 e. The largest absolute Gasteiger partial charge is 0.737 e. The van der Waals surface area contributed by atoms with E-state index in [1.807, 2.05) is 65.9 Å². The van der Waals surface area contributed by atoms with Gasteiger partial charge in [0.05, 0.1) is 5.57 Å². The molecule has 0 N–H and O–H groups in total. The van der Waals surface area contributed by atoms with Crippen molar-refractivity contribution < 1.29 is 13.1 Å². The SMILES string of the molecule is CCC1=C(C)C2=C(c3cccc4cnccc34)c3c(C)c(CC)c(C)n3[B-](F)(F)[N+]2=C1C. The Labute approximate surface area is 187 Å². The van der Waals surface area contributed by atoms with Crippen molar-refractivity contribution in [3.05, 3.63) is 81.6 Å². The third-order valence-corrected chi connectivity index (χ3v) is 7.45. The highest BCUT2D eigenvalue weighted by atomic mass is 19.2. The van der Waals surface area contributed by atoms with Crippen LogP contribution in [0.2, 0.25) is 0 Å². The van der Waals surface area contributed by atoms with Crippen molar-refractivity contribution in [3.63, 3.8) is 0 Å². The zero-order chi connectivity index (χ0) is 22.9. The van der Waals surface area contributed by atoms with Gasteiger partial charge in [-0.2, -0.15) is 0 Å². The van der Waals surface area contributed by atoms with E-state index < -0.39 is 6.97 Å². The summed E-state index contributed by atoms with van der Waals surface area (Å²) in [6.07, 6.45) is 5.06. The van der Waals surface area contributed by atoms with Gasteiger partial charge in [-0.25, -0.2) is 0 Å². The highest BCUT2D eigenvalue weighted by Gasteiger charge is 2.56. The lowest BCUT2D eigenvalue weighted by Crippen LogP contribution is -2.51. The minimum absolute atomic E-state index is 0.657. The topological polar surface area (TPSA) is 20.8 Å². The van der Waals surface area contributed by atoms with Crippen molar-refractivity contribution in [2.45, 2.75) is 54.4 Å². The van der Waals surface area contributed by atoms with Gasteiger partial charge in [0.1, 0.15) is 5.71 Å². The zero-order valence-corrected chi connectivity index (χ0v) is 19.6. The van der Waals surface area contributed by atoms with E-state index in [0.29, 0.717) is 22.8 Å². The molecular weight excluding hydrogens is 403 g/mol. The van der Waals surface area contributed by atoms with E-state index in [-0.39, 0.29) is 0 Å². The zero-order valence-electron chi connectivity index (χ0n) is 19.6. The van der Waals surface area contributed by atoms with Crippen LogP contribution in [0.3, 0.4) is 0 Å². The van der Waals surface area contributed by atoms with Crippen molar-refractivity contribution in [1.82, 2.24) is 9.46 Å². The van der Waals surface area contributed by atoms with Crippen molar-refractivity contribution in [2.24, 2.45) is 0 Å². The molecule has 0 saturated carbocycles. The third-order valence-electron chi connectivity index (χ3n) is 7.45. The van der Waals surface area contributed by atoms with E-state index in [1.54, 1.807) is 6.20 Å². The van der Waals surface area contributed by atoms with E-state index in [1.165, 1.54) is 8.96 Å². The Hall–Kier alpha value is -3.02. The fourth-order valence-electron chi connectivity index (χ4n) is 6.07. The number of fused-ring (bicyclic) bond motifs is 3. The predicted molar refractivity (Wildman–Crippen MR) is 128 cm³/mol. The molecule has 6 heteroatoms. The van der Waals surface area contributed by atoms with Gasteiger partial charge in [0.15, 0.2) is 5.70 Å². The molecule has 0 aliphatic carbocycles. The third kappa shape index (κ3) is 2.46. The lowest BCUT2D eigenvalue weighted by molar-refractivity contribution is -0.363. The molecule has 3 aromatic rings.